The molecule has 0 atom stereocenters. The van der Waals surface area contributed by atoms with Gasteiger partial charge in [0.1, 0.15) is 0 Å². The van der Waals surface area contributed by atoms with Crippen molar-refractivity contribution in [2.75, 3.05) is 5.32 Å². The number of nitrogens with zero attached hydrogens (tertiary/aromatic N) is 4. The van der Waals surface area contributed by atoms with Crippen molar-refractivity contribution in [3.8, 4) is 10.6 Å². The molecule has 0 saturated carbocycles. The standard InChI is InChI=1S/C23H19N5OS/c1-13-9-10-15-6-4-7-17(21(15)24-13)26-23(29)16-12-18(19-8-5-11-30-19)25-22-20(16)14(2)27-28(22)3/h4-12H,1-3H3,(H,26,29). The van der Waals surface area contributed by atoms with Crippen LogP contribution in [-0.4, -0.2) is 25.7 Å². The summed E-state index contributed by atoms with van der Waals surface area (Å²) in [6.07, 6.45) is 0. The highest BCUT2D eigenvalue weighted by molar-refractivity contribution is 7.13. The summed E-state index contributed by atoms with van der Waals surface area (Å²) in [6.45, 7) is 3.84. The van der Waals surface area contributed by atoms with Crippen LogP contribution in [0.2, 0.25) is 0 Å². The van der Waals surface area contributed by atoms with Gasteiger partial charge in [0.15, 0.2) is 5.65 Å². The summed E-state index contributed by atoms with van der Waals surface area (Å²) in [6, 6.07) is 15.6. The van der Waals surface area contributed by atoms with Crippen molar-refractivity contribution >= 4 is 44.9 Å². The Balaban J connectivity index is 1.66. The van der Waals surface area contributed by atoms with E-state index in [0.29, 0.717) is 16.9 Å². The minimum atomic E-state index is -0.202. The lowest BCUT2D eigenvalue weighted by Crippen LogP contribution is -2.14. The van der Waals surface area contributed by atoms with E-state index in [1.165, 1.54) is 0 Å². The fourth-order valence-corrected chi connectivity index (χ4v) is 4.40. The number of pyridine rings is 2. The monoisotopic (exact) mass is 413 g/mol. The maximum Gasteiger partial charge on any atom is 0.256 e. The van der Waals surface area contributed by atoms with Crippen LogP contribution in [0.4, 0.5) is 5.69 Å². The zero-order chi connectivity index (χ0) is 20.8. The Labute approximate surface area is 177 Å². The predicted molar refractivity (Wildman–Crippen MR) is 121 cm³/mol. The lowest BCUT2D eigenvalue weighted by molar-refractivity contribution is 0.102. The van der Waals surface area contributed by atoms with Gasteiger partial charge in [-0.2, -0.15) is 5.10 Å². The normalized spacial score (nSPS) is 11.3. The average molecular weight is 414 g/mol. The molecule has 0 aliphatic heterocycles. The first-order valence-electron chi connectivity index (χ1n) is 9.57. The Morgan fingerprint density at radius 3 is 2.73 bits per heavy atom. The molecular formula is C23H19N5OS. The van der Waals surface area contributed by atoms with Crippen molar-refractivity contribution in [1.82, 2.24) is 19.7 Å². The molecule has 6 nitrogen and oxygen atoms in total. The van der Waals surface area contributed by atoms with E-state index in [0.717, 1.165) is 38.2 Å². The maximum atomic E-state index is 13.4. The Morgan fingerprint density at radius 2 is 1.93 bits per heavy atom. The number of amides is 1. The van der Waals surface area contributed by atoms with Gasteiger partial charge in [-0.15, -0.1) is 11.3 Å². The Morgan fingerprint density at radius 1 is 1.07 bits per heavy atom. The van der Waals surface area contributed by atoms with Crippen LogP contribution in [0.3, 0.4) is 0 Å². The first-order valence-corrected chi connectivity index (χ1v) is 10.4. The van der Waals surface area contributed by atoms with Crippen molar-refractivity contribution in [1.29, 1.82) is 0 Å². The van der Waals surface area contributed by atoms with Gasteiger partial charge in [-0.1, -0.05) is 24.3 Å². The number of fused-ring (bicyclic) bond motifs is 2. The number of rotatable bonds is 3. The molecule has 0 radical (unpaired) electrons. The molecule has 30 heavy (non-hydrogen) atoms. The van der Waals surface area contributed by atoms with E-state index in [2.05, 4.69) is 15.4 Å². The number of aromatic nitrogens is 4. The number of para-hydroxylation sites is 1. The molecule has 0 saturated heterocycles. The zero-order valence-corrected chi connectivity index (χ0v) is 17.6. The molecule has 148 valence electrons. The average Bonchev–Trinajstić information content (AvgIpc) is 3.36. The molecule has 7 heteroatoms. The summed E-state index contributed by atoms with van der Waals surface area (Å²) in [7, 11) is 1.85. The third-order valence-corrected chi connectivity index (χ3v) is 5.99. The van der Waals surface area contributed by atoms with Crippen LogP contribution in [0.1, 0.15) is 21.7 Å². The minimum absolute atomic E-state index is 0.202. The molecule has 1 amide bonds. The summed E-state index contributed by atoms with van der Waals surface area (Å²) in [5.74, 6) is -0.202. The fourth-order valence-electron chi connectivity index (χ4n) is 3.71. The van der Waals surface area contributed by atoms with E-state index in [-0.39, 0.29) is 5.91 Å². The number of benzene rings is 1. The van der Waals surface area contributed by atoms with Crippen molar-refractivity contribution in [2.45, 2.75) is 13.8 Å². The SMILES string of the molecule is Cc1ccc2cccc(NC(=O)c3cc(-c4cccs4)nc4c3c(C)nn4C)c2n1. The molecule has 0 unspecified atom stereocenters. The molecule has 0 spiro atoms. The summed E-state index contributed by atoms with van der Waals surface area (Å²) >= 11 is 1.59. The molecule has 4 heterocycles. The number of hydrogen-bond acceptors (Lipinski definition) is 5. The Bertz CT molecular complexity index is 1420. The third kappa shape index (κ3) is 3.04. The van der Waals surface area contributed by atoms with Crippen LogP contribution < -0.4 is 5.32 Å². The van der Waals surface area contributed by atoms with E-state index in [1.807, 2.05) is 74.8 Å². The van der Waals surface area contributed by atoms with Gasteiger partial charge in [0.2, 0.25) is 0 Å². The predicted octanol–water partition coefficient (Wildman–Crippen LogP) is 5.11. The number of hydrogen-bond donors (Lipinski definition) is 1. The van der Waals surface area contributed by atoms with Crippen molar-refractivity contribution in [2.24, 2.45) is 7.05 Å². The summed E-state index contributed by atoms with van der Waals surface area (Å²) in [5.41, 5.74) is 5.14. The van der Waals surface area contributed by atoms with Crippen LogP contribution in [0.5, 0.6) is 0 Å². The number of carbonyl (C=O) groups is 1. The number of anilines is 1. The molecule has 0 aliphatic carbocycles. The lowest BCUT2D eigenvalue weighted by Gasteiger charge is -2.11. The largest absolute Gasteiger partial charge is 0.320 e. The molecule has 1 aromatic carbocycles. The Hall–Kier alpha value is -3.58. The van der Waals surface area contributed by atoms with Gasteiger partial charge >= 0.3 is 0 Å². The van der Waals surface area contributed by atoms with E-state index < -0.39 is 0 Å². The molecule has 5 rings (SSSR count). The van der Waals surface area contributed by atoms with Crippen LogP contribution in [0, 0.1) is 13.8 Å². The summed E-state index contributed by atoms with van der Waals surface area (Å²) < 4.78 is 1.72. The smallest absolute Gasteiger partial charge is 0.256 e. The highest BCUT2D eigenvalue weighted by Crippen LogP contribution is 2.30. The Kier molecular flexibility index (Phi) is 4.33. The second-order valence-electron chi connectivity index (χ2n) is 7.22. The van der Waals surface area contributed by atoms with Crippen LogP contribution >= 0.6 is 11.3 Å². The van der Waals surface area contributed by atoms with Gasteiger partial charge < -0.3 is 5.32 Å². The second kappa shape index (κ2) is 7.03. The van der Waals surface area contributed by atoms with Gasteiger partial charge in [0.05, 0.1) is 38.4 Å². The molecule has 0 aliphatic rings. The molecule has 4 aromatic heterocycles. The third-order valence-electron chi connectivity index (χ3n) is 5.09. The van der Waals surface area contributed by atoms with Gasteiger partial charge in [-0.05, 0) is 43.5 Å². The van der Waals surface area contributed by atoms with Gasteiger partial charge in [0.25, 0.3) is 5.91 Å². The number of nitrogens with one attached hydrogen (secondary N) is 1. The second-order valence-corrected chi connectivity index (χ2v) is 8.17. The van der Waals surface area contributed by atoms with Crippen molar-refractivity contribution in [3.63, 3.8) is 0 Å². The molecule has 0 fully saturated rings. The minimum Gasteiger partial charge on any atom is -0.320 e. The molecular weight excluding hydrogens is 394 g/mol. The van der Waals surface area contributed by atoms with E-state index in [4.69, 9.17) is 4.98 Å². The highest BCUT2D eigenvalue weighted by Gasteiger charge is 2.20. The number of aryl methyl sites for hydroxylation is 3. The van der Waals surface area contributed by atoms with Crippen molar-refractivity contribution in [3.05, 3.63) is 70.9 Å². The first kappa shape index (κ1) is 18.4. The summed E-state index contributed by atoms with van der Waals surface area (Å²) in [5, 5.41) is 11.3. The van der Waals surface area contributed by atoms with Gasteiger partial charge in [-0.3, -0.25) is 14.5 Å². The quantitative estimate of drug-likeness (QED) is 0.446. The van der Waals surface area contributed by atoms with E-state index in [1.54, 1.807) is 16.0 Å². The van der Waals surface area contributed by atoms with E-state index in [9.17, 15) is 4.79 Å². The van der Waals surface area contributed by atoms with Gasteiger partial charge in [-0.25, -0.2) is 4.98 Å². The fraction of sp³-hybridized carbons (Fsp3) is 0.130. The zero-order valence-electron chi connectivity index (χ0n) is 16.8. The molecule has 1 N–H and O–H groups in total. The highest BCUT2D eigenvalue weighted by atomic mass is 32.1. The lowest BCUT2D eigenvalue weighted by atomic mass is 10.1. The maximum absolute atomic E-state index is 13.4. The summed E-state index contributed by atoms with van der Waals surface area (Å²) in [4.78, 5) is 23.8. The number of carbonyl (C=O) groups excluding carboxylic acids is 1. The topological polar surface area (TPSA) is 72.7 Å². The van der Waals surface area contributed by atoms with Gasteiger partial charge in [0, 0.05) is 18.1 Å². The van der Waals surface area contributed by atoms with E-state index >= 15 is 0 Å². The van der Waals surface area contributed by atoms with Crippen LogP contribution in [0.15, 0.2) is 53.9 Å². The molecule has 5 aromatic rings. The molecule has 0 bridgehead atoms. The first-order chi connectivity index (χ1) is 14.5. The van der Waals surface area contributed by atoms with Crippen LogP contribution in [-0.2, 0) is 7.05 Å². The van der Waals surface area contributed by atoms with Crippen LogP contribution in [0.25, 0.3) is 32.5 Å². The van der Waals surface area contributed by atoms with Crippen molar-refractivity contribution < 1.29 is 4.79 Å². The number of thiophene rings is 1.